The number of benzene rings is 3. The van der Waals surface area contributed by atoms with Crippen LogP contribution in [0.4, 0.5) is 0 Å². The van der Waals surface area contributed by atoms with Crippen molar-refractivity contribution in [2.75, 3.05) is 6.61 Å². The summed E-state index contributed by atoms with van der Waals surface area (Å²) in [6, 6.07) is 13.3. The molecule has 14 nitrogen and oxygen atoms in total. The minimum Gasteiger partial charge on any atom is -0.508 e. The van der Waals surface area contributed by atoms with E-state index >= 15 is 0 Å². The standard InChI is InChI=1S/C32H28O14/c1-15(33)43-30-26(39)23(14-42-24(38)11-4-16-2-7-18(34)8-3-16)45-32(28(30)41)46-31-27(40)25-21(37)12-20(36)13-22(25)44-29(31)17-5-9-19(35)10-6-17/h2-13,23,26,28,30,32,34-37,39,41H,14H2,1H3/b11-4+/t23-,26-,28-,30+,32+/m1/s1. The van der Waals surface area contributed by atoms with Gasteiger partial charge in [0.15, 0.2) is 18.0 Å². The highest BCUT2D eigenvalue weighted by molar-refractivity contribution is 5.88. The fraction of sp³-hybridized carbons (Fsp3) is 0.219. The number of ether oxygens (including phenoxy) is 4. The SMILES string of the molecule is CC(=O)O[C@@H]1[C@@H](O)[C@H](Oc2c(-c3ccc(O)cc3)oc3cc(O)cc(O)c3c2=O)O[C@H](COC(=O)/C=C/c2ccc(O)cc2)[C@H]1O. The van der Waals surface area contributed by atoms with Gasteiger partial charge < -0.3 is 54.0 Å². The molecule has 5 rings (SSSR count). The topological polar surface area (TPSA) is 223 Å². The Kier molecular flexibility index (Phi) is 9.13. The summed E-state index contributed by atoms with van der Waals surface area (Å²) in [5.41, 5.74) is -0.394. The van der Waals surface area contributed by atoms with Crippen molar-refractivity contribution < 1.29 is 63.6 Å². The lowest BCUT2D eigenvalue weighted by molar-refractivity contribution is -0.282. The van der Waals surface area contributed by atoms with Gasteiger partial charge in [-0.15, -0.1) is 0 Å². The predicted octanol–water partition coefficient (Wildman–Crippen LogP) is 2.30. The van der Waals surface area contributed by atoms with Crippen molar-refractivity contribution in [3.05, 3.63) is 82.5 Å². The van der Waals surface area contributed by atoms with Crippen molar-refractivity contribution in [1.82, 2.24) is 0 Å². The van der Waals surface area contributed by atoms with E-state index in [2.05, 4.69) is 0 Å². The van der Waals surface area contributed by atoms with E-state index in [1.807, 2.05) is 0 Å². The quantitative estimate of drug-likeness (QED) is 0.121. The van der Waals surface area contributed by atoms with Crippen molar-refractivity contribution in [3.8, 4) is 40.1 Å². The van der Waals surface area contributed by atoms with E-state index in [1.165, 1.54) is 42.5 Å². The molecule has 5 atom stereocenters. The second kappa shape index (κ2) is 13.2. The smallest absolute Gasteiger partial charge is 0.330 e. The van der Waals surface area contributed by atoms with Crippen molar-refractivity contribution in [2.45, 2.75) is 37.6 Å². The number of hydrogen-bond acceptors (Lipinski definition) is 14. The van der Waals surface area contributed by atoms with E-state index in [0.717, 1.165) is 25.1 Å². The molecule has 240 valence electrons. The summed E-state index contributed by atoms with van der Waals surface area (Å²) in [6.07, 6.45) is -6.06. The molecule has 0 aliphatic carbocycles. The van der Waals surface area contributed by atoms with Crippen LogP contribution in [0.15, 0.2) is 76.0 Å². The highest BCUT2D eigenvalue weighted by atomic mass is 16.7. The van der Waals surface area contributed by atoms with Crippen LogP contribution in [0.5, 0.6) is 28.7 Å². The minimum absolute atomic E-state index is 0.0391. The van der Waals surface area contributed by atoms with Crippen LogP contribution >= 0.6 is 0 Å². The fourth-order valence-corrected chi connectivity index (χ4v) is 4.72. The number of phenols is 4. The van der Waals surface area contributed by atoms with Crippen LogP contribution in [-0.2, 0) is 23.8 Å². The van der Waals surface area contributed by atoms with Crippen LogP contribution in [0.2, 0.25) is 0 Å². The van der Waals surface area contributed by atoms with Crippen LogP contribution in [0.1, 0.15) is 12.5 Å². The molecule has 0 saturated carbocycles. The zero-order valence-corrected chi connectivity index (χ0v) is 24.0. The molecule has 0 unspecified atom stereocenters. The van der Waals surface area contributed by atoms with Gasteiger partial charge in [0.1, 0.15) is 52.8 Å². The second-order valence-electron chi connectivity index (χ2n) is 10.2. The monoisotopic (exact) mass is 636 g/mol. The van der Waals surface area contributed by atoms with Gasteiger partial charge >= 0.3 is 11.9 Å². The van der Waals surface area contributed by atoms with Crippen molar-refractivity contribution >= 4 is 29.0 Å². The first-order valence-electron chi connectivity index (χ1n) is 13.7. The van der Waals surface area contributed by atoms with Gasteiger partial charge in [-0.2, -0.15) is 0 Å². The molecule has 1 aliphatic heterocycles. The Morgan fingerprint density at radius 1 is 0.891 bits per heavy atom. The Bertz CT molecular complexity index is 1830. The van der Waals surface area contributed by atoms with Gasteiger partial charge in [0, 0.05) is 30.7 Å². The van der Waals surface area contributed by atoms with Gasteiger partial charge in [0.05, 0.1) is 0 Å². The van der Waals surface area contributed by atoms with Crippen LogP contribution in [-0.4, -0.2) is 79.9 Å². The van der Waals surface area contributed by atoms with Gasteiger partial charge in [-0.1, -0.05) is 12.1 Å². The minimum atomic E-state index is -1.89. The van der Waals surface area contributed by atoms with Gasteiger partial charge in [0.2, 0.25) is 17.5 Å². The highest BCUT2D eigenvalue weighted by Gasteiger charge is 2.49. The molecule has 1 saturated heterocycles. The third kappa shape index (κ3) is 6.89. The molecule has 0 bridgehead atoms. The molecule has 2 heterocycles. The number of aliphatic hydroxyl groups is 2. The summed E-state index contributed by atoms with van der Waals surface area (Å²) < 4.78 is 27.7. The summed E-state index contributed by atoms with van der Waals surface area (Å²) in [5.74, 6) is -3.69. The molecule has 3 aromatic carbocycles. The third-order valence-corrected chi connectivity index (χ3v) is 6.92. The number of esters is 2. The largest absolute Gasteiger partial charge is 0.508 e. The number of aromatic hydroxyl groups is 4. The molecule has 1 aromatic heterocycles. The van der Waals surface area contributed by atoms with E-state index < -0.39 is 71.9 Å². The number of carbonyl (C=O) groups is 2. The van der Waals surface area contributed by atoms with Crippen LogP contribution in [0.3, 0.4) is 0 Å². The first kappa shape index (κ1) is 31.8. The normalized spacial score (nSPS) is 21.2. The fourth-order valence-electron chi connectivity index (χ4n) is 4.72. The number of fused-ring (bicyclic) bond motifs is 1. The average Bonchev–Trinajstić information content (AvgIpc) is 3.00. The van der Waals surface area contributed by atoms with E-state index in [-0.39, 0.29) is 33.8 Å². The van der Waals surface area contributed by atoms with Crippen molar-refractivity contribution in [1.29, 1.82) is 0 Å². The van der Waals surface area contributed by atoms with Crippen LogP contribution in [0, 0.1) is 0 Å². The molecule has 1 fully saturated rings. The number of carbonyl (C=O) groups excluding carboxylic acids is 2. The molecule has 0 radical (unpaired) electrons. The number of phenolic OH excluding ortho intramolecular Hbond substituents is 4. The van der Waals surface area contributed by atoms with Crippen molar-refractivity contribution in [3.63, 3.8) is 0 Å². The molecule has 46 heavy (non-hydrogen) atoms. The zero-order chi connectivity index (χ0) is 33.1. The van der Waals surface area contributed by atoms with Crippen LogP contribution < -0.4 is 10.2 Å². The molecule has 6 N–H and O–H groups in total. The lowest BCUT2D eigenvalue weighted by Gasteiger charge is -2.41. The van der Waals surface area contributed by atoms with Gasteiger partial charge in [-0.25, -0.2) is 4.79 Å². The van der Waals surface area contributed by atoms with E-state index in [4.69, 9.17) is 23.4 Å². The summed E-state index contributed by atoms with van der Waals surface area (Å²) in [6.45, 7) is 0.425. The van der Waals surface area contributed by atoms with E-state index in [9.17, 15) is 45.0 Å². The second-order valence-corrected chi connectivity index (χ2v) is 10.2. The highest BCUT2D eigenvalue weighted by Crippen LogP contribution is 2.37. The molecule has 0 amide bonds. The molecule has 1 aliphatic rings. The molecule has 4 aromatic rings. The Morgan fingerprint density at radius 2 is 1.54 bits per heavy atom. The Balaban J connectivity index is 1.47. The zero-order valence-electron chi connectivity index (χ0n) is 24.0. The maximum Gasteiger partial charge on any atom is 0.330 e. The molecule has 14 heteroatoms. The maximum atomic E-state index is 13.7. The number of rotatable bonds is 8. The Hall–Kier alpha value is -5.57. The van der Waals surface area contributed by atoms with Crippen LogP contribution in [0.25, 0.3) is 28.4 Å². The maximum absolute atomic E-state index is 13.7. The third-order valence-electron chi connectivity index (χ3n) is 6.92. The lowest BCUT2D eigenvalue weighted by atomic mass is 9.99. The predicted molar refractivity (Wildman–Crippen MR) is 158 cm³/mol. The first-order valence-corrected chi connectivity index (χ1v) is 13.7. The summed E-state index contributed by atoms with van der Waals surface area (Å²) >= 11 is 0. The number of aliphatic hydroxyl groups excluding tert-OH is 2. The van der Waals surface area contributed by atoms with E-state index in [1.54, 1.807) is 12.1 Å². The Labute approximate surface area is 259 Å². The van der Waals surface area contributed by atoms with Crippen molar-refractivity contribution in [2.24, 2.45) is 0 Å². The van der Waals surface area contributed by atoms with Gasteiger partial charge in [-0.3, -0.25) is 9.59 Å². The summed E-state index contributed by atoms with van der Waals surface area (Å²) in [4.78, 5) is 37.9. The summed E-state index contributed by atoms with van der Waals surface area (Å²) in [7, 11) is 0. The summed E-state index contributed by atoms with van der Waals surface area (Å²) in [5, 5.41) is 61.1. The Morgan fingerprint density at radius 3 is 2.20 bits per heavy atom. The molecular weight excluding hydrogens is 608 g/mol. The van der Waals surface area contributed by atoms with E-state index in [0.29, 0.717) is 5.56 Å². The van der Waals surface area contributed by atoms with Gasteiger partial charge in [0.25, 0.3) is 0 Å². The lowest BCUT2D eigenvalue weighted by Crippen LogP contribution is -2.61. The first-order chi connectivity index (χ1) is 21.9. The molecule has 0 spiro atoms. The number of hydrogen-bond donors (Lipinski definition) is 6. The van der Waals surface area contributed by atoms with Gasteiger partial charge in [-0.05, 0) is 48.0 Å². The molecular formula is C32H28O14. The average molecular weight is 637 g/mol.